The number of hydrogen-bond acceptors (Lipinski definition) is 11. The minimum atomic E-state index is -0.408. The third kappa shape index (κ3) is 8.76. The van der Waals surface area contributed by atoms with Crippen molar-refractivity contribution >= 4 is 23.0 Å². The molecule has 0 aliphatic carbocycles. The van der Waals surface area contributed by atoms with E-state index in [0.717, 1.165) is 98.2 Å². The molecule has 0 fully saturated rings. The van der Waals surface area contributed by atoms with E-state index in [0.29, 0.717) is 31.1 Å². The lowest BCUT2D eigenvalue weighted by Gasteiger charge is -2.30. The molecule has 2 N–H and O–H groups in total. The highest BCUT2D eigenvalue weighted by molar-refractivity contribution is 6.11. The van der Waals surface area contributed by atoms with E-state index in [9.17, 15) is 4.79 Å². The number of anilines is 2. The third-order valence-electron chi connectivity index (χ3n) is 12.8. The largest absolute Gasteiger partial charge is 0.496 e. The summed E-state index contributed by atoms with van der Waals surface area (Å²) in [7, 11) is 3.36. The average molecular weight is 933 g/mol. The van der Waals surface area contributed by atoms with E-state index < -0.39 is 6.04 Å². The molecule has 2 aliphatic heterocycles. The number of para-hydroxylation sites is 2. The zero-order chi connectivity index (χ0) is 48.0. The van der Waals surface area contributed by atoms with Crippen LogP contribution in [0.4, 0.5) is 11.4 Å². The summed E-state index contributed by atoms with van der Waals surface area (Å²) in [4.78, 5) is 17.8. The highest BCUT2D eigenvalue weighted by Crippen LogP contribution is 2.50. The number of nitrogens with one attached hydrogen (secondary N) is 2. The molecular weight excluding hydrogens is 881 g/mol. The predicted octanol–water partition coefficient (Wildman–Crippen LogP) is 11.6. The van der Waals surface area contributed by atoms with Gasteiger partial charge in [-0.15, -0.1) is 0 Å². The van der Waals surface area contributed by atoms with Gasteiger partial charge in [0.05, 0.1) is 45.2 Å². The topological polar surface area (TPSA) is 161 Å². The minimum absolute atomic E-state index is 0.0721. The number of hydrogen-bond donors (Lipinski definition) is 2. The molecule has 5 aromatic carbocycles. The summed E-state index contributed by atoms with van der Waals surface area (Å²) in [6, 6.07) is 45.2. The fraction of sp³-hybridized carbons (Fsp3) is 0.196. The normalized spacial score (nSPS) is 14.9. The highest BCUT2D eigenvalue weighted by Gasteiger charge is 2.44. The van der Waals surface area contributed by atoms with Crippen molar-refractivity contribution in [3.63, 3.8) is 0 Å². The number of amides is 1. The molecule has 0 bridgehead atoms. The van der Waals surface area contributed by atoms with Crippen LogP contribution in [0.2, 0.25) is 0 Å². The fourth-order valence-electron chi connectivity index (χ4n) is 9.43. The first-order valence-corrected chi connectivity index (χ1v) is 23.3. The molecule has 0 saturated carbocycles. The Morgan fingerprint density at radius 3 is 1.69 bits per heavy atom. The summed E-state index contributed by atoms with van der Waals surface area (Å²) >= 11 is 0. The van der Waals surface area contributed by atoms with Crippen molar-refractivity contribution in [2.75, 3.05) is 30.6 Å². The van der Waals surface area contributed by atoms with E-state index in [1.54, 1.807) is 31.4 Å². The number of fused-ring (bicyclic) bond motifs is 2. The van der Waals surface area contributed by atoms with Crippen LogP contribution in [0.25, 0.3) is 28.2 Å². The Hall–Kier alpha value is -8.49. The van der Waals surface area contributed by atoms with Crippen LogP contribution >= 0.6 is 0 Å². The van der Waals surface area contributed by atoms with Gasteiger partial charge in [-0.2, -0.15) is 10.2 Å². The maximum absolute atomic E-state index is 13.8. The first-order chi connectivity index (χ1) is 34.5. The Morgan fingerprint density at radius 2 is 1.13 bits per heavy atom. The predicted molar refractivity (Wildman–Crippen MR) is 267 cm³/mol. The van der Waals surface area contributed by atoms with Crippen molar-refractivity contribution in [2.24, 2.45) is 0 Å². The van der Waals surface area contributed by atoms with Gasteiger partial charge in [0, 0.05) is 74.7 Å². The van der Waals surface area contributed by atoms with E-state index >= 15 is 0 Å². The molecule has 11 rings (SSSR count). The quantitative estimate of drug-likeness (QED) is 0.0887. The van der Waals surface area contributed by atoms with Crippen molar-refractivity contribution < 1.29 is 28.1 Å². The summed E-state index contributed by atoms with van der Waals surface area (Å²) < 4.78 is 27.4. The first-order valence-electron chi connectivity index (χ1n) is 23.3. The second-order valence-corrected chi connectivity index (χ2v) is 17.0. The Kier molecular flexibility index (Phi) is 13.2. The van der Waals surface area contributed by atoms with Gasteiger partial charge in [-0.05, 0) is 54.8 Å². The monoisotopic (exact) mass is 932 g/mol. The average Bonchev–Trinajstić information content (AvgIpc) is 4.29. The summed E-state index contributed by atoms with van der Waals surface area (Å²) in [5.41, 5.74) is 14.6. The van der Waals surface area contributed by atoms with Crippen LogP contribution in [0.3, 0.4) is 0 Å². The second kappa shape index (κ2) is 20.4. The molecule has 14 nitrogen and oxygen atoms in total. The van der Waals surface area contributed by atoms with Gasteiger partial charge in [0.25, 0.3) is 5.91 Å². The molecule has 0 spiro atoms. The van der Waals surface area contributed by atoms with Crippen molar-refractivity contribution in [1.82, 2.24) is 30.7 Å². The fourth-order valence-corrected chi connectivity index (χ4v) is 9.43. The lowest BCUT2D eigenvalue weighted by Crippen LogP contribution is -2.29. The van der Waals surface area contributed by atoms with Crippen molar-refractivity contribution in [3.05, 3.63) is 209 Å². The standard InChI is InChI=1S/C30H26N4O4.C26H26N4O2/c1-36-26-10-6-5-9-23(26)29-27-25(15-17-37-19-20-7-3-2-4-8-20)31-32-28(27)30(35)34(29)22-13-11-21(12-14-22)24-16-18-38-33-24;1-4-5-9-22-24-25(28-27-22)17(2)30(26(24)20-8-6-7-10-23(20)31-3)19-13-11-18(12-14-19)21-15-16-32-29-21/h2-14,16,18,29H,15,17,19H2,1H3,(H,31,32);6-8,10-16,26H,2,4-5,9H2,1,3H3,(H,27,28). The van der Waals surface area contributed by atoms with Gasteiger partial charge in [0.2, 0.25) is 0 Å². The molecule has 2 aliphatic rings. The number of aromatic nitrogens is 6. The number of carbonyl (C=O) groups is 1. The van der Waals surface area contributed by atoms with E-state index in [2.05, 4.69) is 85.5 Å². The van der Waals surface area contributed by atoms with Crippen LogP contribution < -0.4 is 19.3 Å². The van der Waals surface area contributed by atoms with E-state index in [1.807, 2.05) is 97.1 Å². The molecule has 9 aromatic rings. The van der Waals surface area contributed by atoms with Gasteiger partial charge in [0.1, 0.15) is 41.1 Å². The van der Waals surface area contributed by atoms with Gasteiger partial charge in [-0.3, -0.25) is 19.9 Å². The molecule has 0 saturated heterocycles. The minimum Gasteiger partial charge on any atom is -0.496 e. The van der Waals surface area contributed by atoms with Gasteiger partial charge in [0.15, 0.2) is 5.69 Å². The number of rotatable bonds is 16. The van der Waals surface area contributed by atoms with E-state index in [1.165, 1.54) is 17.5 Å². The number of aryl methyl sites for hydroxylation is 1. The number of aromatic amines is 2. The van der Waals surface area contributed by atoms with Crippen LogP contribution in [0.15, 0.2) is 168 Å². The lowest BCUT2D eigenvalue weighted by molar-refractivity contribution is 0.0988. The second-order valence-electron chi connectivity index (χ2n) is 17.0. The molecule has 70 heavy (non-hydrogen) atoms. The van der Waals surface area contributed by atoms with Gasteiger partial charge < -0.3 is 28.2 Å². The third-order valence-corrected chi connectivity index (χ3v) is 12.8. The zero-order valence-corrected chi connectivity index (χ0v) is 39.2. The van der Waals surface area contributed by atoms with E-state index in [4.69, 9.17) is 23.3 Å². The number of H-pyrrole nitrogens is 2. The highest BCUT2D eigenvalue weighted by atomic mass is 16.5. The zero-order valence-electron chi connectivity index (χ0n) is 39.2. The molecule has 1 amide bonds. The van der Waals surface area contributed by atoms with Crippen LogP contribution in [0.5, 0.6) is 11.5 Å². The summed E-state index contributed by atoms with van der Waals surface area (Å²) in [6.45, 7) is 7.64. The maximum Gasteiger partial charge on any atom is 0.280 e. The number of unbranched alkanes of at least 4 members (excludes halogenated alkanes) is 1. The van der Waals surface area contributed by atoms with Crippen molar-refractivity contribution in [3.8, 4) is 34.0 Å². The Labute approximate surface area is 405 Å². The summed E-state index contributed by atoms with van der Waals surface area (Å²) in [5.74, 6) is 1.39. The van der Waals surface area contributed by atoms with Crippen molar-refractivity contribution in [2.45, 2.75) is 51.3 Å². The summed E-state index contributed by atoms with van der Waals surface area (Å²) in [6.07, 6.45) is 6.89. The Balaban J connectivity index is 0.000000165. The Bertz CT molecular complexity index is 3180. The molecular formula is C56H52N8O6. The first kappa shape index (κ1) is 45.3. The summed E-state index contributed by atoms with van der Waals surface area (Å²) in [5, 5.41) is 23.5. The lowest BCUT2D eigenvalue weighted by atomic mass is 9.96. The number of nitrogens with zero attached hydrogens (tertiary/aromatic N) is 6. The van der Waals surface area contributed by atoms with Gasteiger partial charge in [-0.1, -0.05) is 121 Å². The number of methoxy groups -OCH3 is 2. The van der Waals surface area contributed by atoms with Gasteiger partial charge >= 0.3 is 0 Å². The maximum atomic E-state index is 13.8. The molecule has 6 heterocycles. The Morgan fingerprint density at radius 1 is 0.614 bits per heavy atom. The molecule has 14 heteroatoms. The molecule has 4 aromatic heterocycles. The SMILES string of the molecule is C=C1c2n[nH]c(CCCC)c2C(c2ccccc2OC)N1c1ccc(-c2ccon2)cc1.COc1ccccc1C1c2c(n[nH]c2CCOCc2ccccc2)C(=O)N1c1ccc(-c2ccon2)cc1. The molecule has 2 unspecified atom stereocenters. The van der Waals surface area contributed by atoms with Crippen LogP contribution in [-0.4, -0.2) is 57.4 Å². The van der Waals surface area contributed by atoms with Gasteiger partial charge in [-0.25, -0.2) is 0 Å². The number of carbonyl (C=O) groups excluding carboxylic acids is 1. The molecule has 0 radical (unpaired) electrons. The van der Waals surface area contributed by atoms with Crippen molar-refractivity contribution in [1.29, 1.82) is 0 Å². The number of benzene rings is 5. The van der Waals surface area contributed by atoms with Crippen LogP contribution in [0.1, 0.15) is 87.2 Å². The van der Waals surface area contributed by atoms with Crippen LogP contribution in [0, 0.1) is 0 Å². The molecule has 2 atom stereocenters. The number of ether oxygens (including phenoxy) is 3. The van der Waals surface area contributed by atoms with E-state index in [-0.39, 0.29) is 11.9 Å². The van der Waals surface area contributed by atoms with Crippen LogP contribution in [-0.2, 0) is 24.2 Å². The molecule has 352 valence electrons. The smallest absolute Gasteiger partial charge is 0.280 e.